The number of aryl methyl sites for hydroxylation is 1. The second-order valence-electron chi connectivity index (χ2n) is 11.1. The molecular formula is C26H36N4O6S. The molecule has 1 fully saturated rings. The monoisotopic (exact) mass is 532 g/mol. The topological polar surface area (TPSA) is 120 Å². The number of carbonyl (C=O) groups excluding carboxylic acids is 3. The molecule has 1 N–H and O–H groups in total. The highest BCUT2D eigenvalue weighted by molar-refractivity contribution is 7.09. The van der Waals surface area contributed by atoms with Crippen molar-refractivity contribution in [3.8, 4) is 17.0 Å². The number of aromatic nitrogens is 2. The Bertz CT molecular complexity index is 1140. The van der Waals surface area contributed by atoms with Crippen LogP contribution in [0.5, 0.6) is 5.75 Å². The fourth-order valence-electron chi connectivity index (χ4n) is 4.04. The van der Waals surface area contributed by atoms with Gasteiger partial charge in [-0.1, -0.05) is 20.8 Å². The van der Waals surface area contributed by atoms with Crippen LogP contribution in [0.2, 0.25) is 0 Å². The zero-order valence-electron chi connectivity index (χ0n) is 22.7. The molecule has 0 aromatic carbocycles. The number of carbonyl (C=O) groups is 3. The Kier molecular flexibility index (Phi) is 8.46. The molecule has 0 bridgehead atoms. The Hall–Kier alpha value is -3.21. The standard InChI is InChI=1S/C26H36N4O6S/c1-15-28-19(14-37-15)16-9-17(12-27-11-16)35-18-10-20(23(32)34-8)30(13-18)22(31)21(25(2,3)4)29-24(33)36-26(5,6)7/h9,11-12,14,18,20-21H,10,13H2,1-8H3,(H,29,33). The molecule has 3 atom stereocenters. The molecule has 3 heterocycles. The molecule has 0 radical (unpaired) electrons. The Morgan fingerprint density at radius 2 is 1.86 bits per heavy atom. The molecule has 1 aliphatic rings. The van der Waals surface area contributed by atoms with Crippen molar-refractivity contribution < 1.29 is 28.6 Å². The molecular weight excluding hydrogens is 496 g/mol. The van der Waals surface area contributed by atoms with Crippen molar-refractivity contribution in [1.29, 1.82) is 0 Å². The van der Waals surface area contributed by atoms with Gasteiger partial charge in [-0.05, 0) is 39.2 Å². The van der Waals surface area contributed by atoms with Crippen molar-refractivity contribution in [2.45, 2.75) is 78.7 Å². The van der Waals surface area contributed by atoms with E-state index in [9.17, 15) is 14.4 Å². The second-order valence-corrected chi connectivity index (χ2v) is 12.2. The maximum atomic E-state index is 13.7. The quantitative estimate of drug-likeness (QED) is 0.555. The van der Waals surface area contributed by atoms with Gasteiger partial charge in [0.2, 0.25) is 5.91 Å². The van der Waals surface area contributed by atoms with Crippen LogP contribution < -0.4 is 10.1 Å². The largest absolute Gasteiger partial charge is 0.487 e. The molecule has 2 amide bonds. The van der Waals surface area contributed by atoms with Gasteiger partial charge in [-0.15, -0.1) is 11.3 Å². The van der Waals surface area contributed by atoms with E-state index in [-0.39, 0.29) is 13.0 Å². The number of esters is 1. The minimum absolute atomic E-state index is 0.140. The van der Waals surface area contributed by atoms with E-state index >= 15 is 0 Å². The third kappa shape index (κ3) is 7.41. The second kappa shape index (κ2) is 11.0. The van der Waals surface area contributed by atoms with Crippen LogP contribution in [0.4, 0.5) is 4.79 Å². The van der Waals surface area contributed by atoms with E-state index in [4.69, 9.17) is 14.2 Å². The molecule has 3 unspecified atom stereocenters. The Morgan fingerprint density at radius 3 is 2.43 bits per heavy atom. The zero-order chi connectivity index (χ0) is 27.5. The van der Waals surface area contributed by atoms with E-state index in [0.29, 0.717) is 5.75 Å². The summed E-state index contributed by atoms with van der Waals surface area (Å²) in [5, 5.41) is 5.59. The third-order valence-corrected chi connectivity index (χ3v) is 6.50. The molecule has 3 rings (SSSR count). The van der Waals surface area contributed by atoms with Gasteiger partial charge in [-0.2, -0.15) is 0 Å². The van der Waals surface area contributed by atoms with Gasteiger partial charge in [0.15, 0.2) is 0 Å². The highest BCUT2D eigenvalue weighted by Crippen LogP contribution is 2.30. The van der Waals surface area contributed by atoms with Gasteiger partial charge in [-0.25, -0.2) is 14.6 Å². The molecule has 37 heavy (non-hydrogen) atoms. The average Bonchev–Trinajstić information content (AvgIpc) is 3.41. The fourth-order valence-corrected chi connectivity index (χ4v) is 4.66. The van der Waals surface area contributed by atoms with Crippen LogP contribution in [0.25, 0.3) is 11.3 Å². The lowest BCUT2D eigenvalue weighted by molar-refractivity contribution is -0.152. The normalized spacial score (nSPS) is 18.8. The van der Waals surface area contributed by atoms with E-state index < -0.39 is 47.2 Å². The summed E-state index contributed by atoms with van der Waals surface area (Å²) in [5.41, 5.74) is 0.234. The summed E-state index contributed by atoms with van der Waals surface area (Å²) in [4.78, 5) is 49.1. The van der Waals surface area contributed by atoms with Crippen molar-refractivity contribution in [2.75, 3.05) is 13.7 Å². The van der Waals surface area contributed by atoms with Crippen molar-refractivity contribution in [3.63, 3.8) is 0 Å². The lowest BCUT2D eigenvalue weighted by Crippen LogP contribution is -2.57. The van der Waals surface area contributed by atoms with Crippen LogP contribution in [-0.2, 0) is 19.1 Å². The van der Waals surface area contributed by atoms with Gasteiger partial charge in [-0.3, -0.25) is 9.78 Å². The van der Waals surface area contributed by atoms with Crippen LogP contribution in [0.15, 0.2) is 23.8 Å². The number of hydrogen-bond acceptors (Lipinski definition) is 9. The number of pyridine rings is 1. The van der Waals surface area contributed by atoms with Gasteiger partial charge >= 0.3 is 12.1 Å². The van der Waals surface area contributed by atoms with Crippen LogP contribution in [0, 0.1) is 12.3 Å². The first-order chi connectivity index (χ1) is 17.2. The number of methoxy groups -OCH3 is 1. The summed E-state index contributed by atoms with van der Waals surface area (Å²) < 4.78 is 16.5. The Labute approximate surface area is 221 Å². The van der Waals surface area contributed by atoms with Gasteiger partial charge < -0.3 is 24.4 Å². The smallest absolute Gasteiger partial charge is 0.408 e. The predicted octanol–water partition coefficient (Wildman–Crippen LogP) is 3.97. The van der Waals surface area contributed by atoms with Crippen molar-refractivity contribution >= 4 is 29.3 Å². The lowest BCUT2D eigenvalue weighted by atomic mass is 9.85. The maximum Gasteiger partial charge on any atom is 0.408 e. The number of nitrogens with one attached hydrogen (secondary N) is 1. The molecule has 0 aliphatic carbocycles. The average molecular weight is 533 g/mol. The van der Waals surface area contributed by atoms with Crippen molar-refractivity contribution in [1.82, 2.24) is 20.2 Å². The number of hydrogen-bond donors (Lipinski definition) is 1. The minimum atomic E-state index is -0.939. The van der Waals surface area contributed by atoms with E-state index in [1.54, 1.807) is 44.5 Å². The van der Waals surface area contributed by atoms with E-state index in [1.165, 1.54) is 12.0 Å². The maximum absolute atomic E-state index is 13.7. The number of nitrogens with zero attached hydrogens (tertiary/aromatic N) is 3. The van der Waals surface area contributed by atoms with Crippen LogP contribution in [0.1, 0.15) is 53.0 Å². The molecule has 0 spiro atoms. The fraction of sp³-hybridized carbons (Fsp3) is 0.577. The molecule has 0 saturated carbocycles. The van der Waals surface area contributed by atoms with Gasteiger partial charge in [0.05, 0.1) is 30.6 Å². The van der Waals surface area contributed by atoms with E-state index in [0.717, 1.165) is 16.3 Å². The minimum Gasteiger partial charge on any atom is -0.487 e. The van der Waals surface area contributed by atoms with Crippen molar-refractivity contribution in [2.24, 2.45) is 5.41 Å². The first-order valence-electron chi connectivity index (χ1n) is 12.1. The number of likely N-dealkylation sites (tertiary alicyclic amines) is 1. The van der Waals surface area contributed by atoms with Gasteiger partial charge in [0.25, 0.3) is 0 Å². The number of ether oxygens (including phenoxy) is 3. The summed E-state index contributed by atoms with van der Waals surface area (Å²) in [6.07, 6.45) is 2.34. The van der Waals surface area contributed by atoms with Gasteiger partial charge in [0.1, 0.15) is 29.5 Å². The number of amides is 2. The summed E-state index contributed by atoms with van der Waals surface area (Å²) >= 11 is 1.54. The number of thiazole rings is 1. The molecule has 2 aromatic rings. The molecule has 202 valence electrons. The molecule has 1 aliphatic heterocycles. The number of alkyl carbamates (subject to hydrolysis) is 1. The number of rotatable bonds is 6. The first kappa shape index (κ1) is 28.4. The zero-order valence-corrected chi connectivity index (χ0v) is 23.5. The first-order valence-corrected chi connectivity index (χ1v) is 13.0. The molecule has 10 nitrogen and oxygen atoms in total. The Balaban J connectivity index is 1.80. The highest BCUT2D eigenvalue weighted by atomic mass is 32.1. The molecule has 11 heteroatoms. The van der Waals surface area contributed by atoms with E-state index in [2.05, 4.69) is 15.3 Å². The van der Waals surface area contributed by atoms with Crippen LogP contribution in [0.3, 0.4) is 0 Å². The van der Waals surface area contributed by atoms with E-state index in [1.807, 2.05) is 39.1 Å². The van der Waals surface area contributed by atoms with Crippen LogP contribution in [-0.4, -0.2) is 70.3 Å². The van der Waals surface area contributed by atoms with Crippen molar-refractivity contribution in [3.05, 3.63) is 28.8 Å². The Morgan fingerprint density at radius 1 is 1.16 bits per heavy atom. The predicted molar refractivity (Wildman–Crippen MR) is 139 cm³/mol. The summed E-state index contributed by atoms with van der Waals surface area (Å²) in [6, 6.07) is 0.0393. The summed E-state index contributed by atoms with van der Waals surface area (Å²) in [6.45, 7) is 12.8. The molecule has 1 saturated heterocycles. The SMILES string of the molecule is COC(=O)C1CC(Oc2cncc(-c3csc(C)n3)c2)CN1C(=O)C(NC(=O)OC(C)(C)C)C(C)(C)C. The van der Waals surface area contributed by atoms with Gasteiger partial charge in [0, 0.05) is 23.6 Å². The molecule has 2 aromatic heterocycles. The lowest BCUT2D eigenvalue weighted by Gasteiger charge is -2.35. The summed E-state index contributed by atoms with van der Waals surface area (Å²) in [5.74, 6) is -0.454. The van der Waals surface area contributed by atoms with Crippen LogP contribution >= 0.6 is 11.3 Å². The highest BCUT2D eigenvalue weighted by Gasteiger charge is 2.46. The summed E-state index contributed by atoms with van der Waals surface area (Å²) in [7, 11) is 1.28. The third-order valence-electron chi connectivity index (χ3n) is 5.72.